The number of aromatic carboxylic acids is 1. The van der Waals surface area contributed by atoms with Gasteiger partial charge < -0.3 is 10.2 Å². The molecular formula is C19H15IN2O4S. The molecular weight excluding hydrogens is 479 g/mol. The zero-order valence-corrected chi connectivity index (χ0v) is 17.2. The number of phenols is 1. The molecule has 27 heavy (non-hydrogen) atoms. The Bertz CT molecular complexity index is 970. The number of hydrogen-bond acceptors (Lipinski definition) is 5. The predicted molar refractivity (Wildman–Crippen MR) is 114 cm³/mol. The Balaban J connectivity index is 1.90. The lowest BCUT2D eigenvalue weighted by molar-refractivity contribution is -0.122. The van der Waals surface area contributed by atoms with Crippen LogP contribution in [0.2, 0.25) is 0 Å². The third kappa shape index (κ3) is 4.33. The summed E-state index contributed by atoms with van der Waals surface area (Å²) in [5.41, 5.74) is 1.58. The largest absolute Gasteiger partial charge is 0.507 e. The molecule has 0 saturated carbocycles. The van der Waals surface area contributed by atoms with Gasteiger partial charge in [0.15, 0.2) is 5.17 Å². The first-order chi connectivity index (χ1) is 12.9. The zero-order valence-electron chi connectivity index (χ0n) is 14.2. The molecule has 1 aliphatic heterocycles. The van der Waals surface area contributed by atoms with Gasteiger partial charge in [0.2, 0.25) is 0 Å². The van der Waals surface area contributed by atoms with Crippen LogP contribution in [0.1, 0.15) is 22.8 Å². The first-order valence-corrected chi connectivity index (χ1v) is 9.90. The van der Waals surface area contributed by atoms with Crippen LogP contribution in [-0.2, 0) is 4.79 Å². The van der Waals surface area contributed by atoms with Gasteiger partial charge in [0.1, 0.15) is 5.75 Å². The summed E-state index contributed by atoms with van der Waals surface area (Å²) >= 11 is 3.30. The number of likely N-dealkylation sites (N-methyl/N-ethyl adjacent to an activating group) is 1. The molecule has 8 heteroatoms. The number of carboxylic acid groups (broad SMARTS) is 1. The van der Waals surface area contributed by atoms with Crippen molar-refractivity contribution < 1.29 is 19.8 Å². The number of amidine groups is 1. The normalized spacial score (nSPS) is 17.1. The molecule has 2 aromatic rings. The van der Waals surface area contributed by atoms with Gasteiger partial charge >= 0.3 is 5.97 Å². The number of rotatable bonds is 4. The number of aliphatic imine (C=N–C) groups is 1. The van der Waals surface area contributed by atoms with E-state index in [0.29, 0.717) is 25.9 Å². The maximum absolute atomic E-state index is 12.7. The fraction of sp³-hybridized carbons (Fsp3) is 0.105. The van der Waals surface area contributed by atoms with E-state index in [9.17, 15) is 14.7 Å². The van der Waals surface area contributed by atoms with Crippen LogP contribution in [0.25, 0.3) is 6.08 Å². The molecule has 0 atom stereocenters. The SMILES string of the molecule is CCN1C(=O)C(=Cc2ccc(O)c(I)c2)SC1=Nc1ccc(C(=O)O)cc1. The summed E-state index contributed by atoms with van der Waals surface area (Å²) in [5, 5.41) is 19.1. The van der Waals surface area contributed by atoms with Gasteiger partial charge in [-0.15, -0.1) is 0 Å². The van der Waals surface area contributed by atoms with Crippen molar-refractivity contribution in [3.8, 4) is 5.75 Å². The van der Waals surface area contributed by atoms with E-state index >= 15 is 0 Å². The highest BCUT2D eigenvalue weighted by molar-refractivity contribution is 14.1. The van der Waals surface area contributed by atoms with E-state index in [4.69, 9.17) is 5.11 Å². The first kappa shape index (κ1) is 19.4. The fourth-order valence-corrected chi connectivity index (χ4v) is 4.03. The van der Waals surface area contributed by atoms with Crippen molar-refractivity contribution in [2.75, 3.05) is 6.54 Å². The minimum absolute atomic E-state index is 0.133. The van der Waals surface area contributed by atoms with Crippen molar-refractivity contribution in [2.24, 2.45) is 4.99 Å². The van der Waals surface area contributed by atoms with Gasteiger partial charge in [-0.3, -0.25) is 9.69 Å². The van der Waals surface area contributed by atoms with E-state index in [0.717, 1.165) is 5.56 Å². The van der Waals surface area contributed by atoms with Gasteiger partial charge in [0, 0.05) is 6.54 Å². The molecule has 1 amide bonds. The number of thioether (sulfide) groups is 1. The van der Waals surface area contributed by atoms with Crippen LogP contribution in [-0.4, -0.2) is 38.7 Å². The Labute approximate surface area is 173 Å². The third-order valence-electron chi connectivity index (χ3n) is 3.81. The number of aromatic hydroxyl groups is 1. The second kappa shape index (κ2) is 8.13. The highest BCUT2D eigenvalue weighted by Crippen LogP contribution is 2.34. The van der Waals surface area contributed by atoms with Gasteiger partial charge in [-0.25, -0.2) is 9.79 Å². The van der Waals surface area contributed by atoms with Crippen LogP contribution in [0.5, 0.6) is 5.75 Å². The number of carboxylic acids is 1. The number of carbonyl (C=O) groups is 2. The minimum atomic E-state index is -0.997. The quantitative estimate of drug-likeness (QED) is 0.488. The lowest BCUT2D eigenvalue weighted by Gasteiger charge is -2.12. The number of hydrogen-bond donors (Lipinski definition) is 2. The fourth-order valence-electron chi connectivity index (χ4n) is 2.42. The maximum Gasteiger partial charge on any atom is 0.335 e. The van der Waals surface area contributed by atoms with Crippen molar-refractivity contribution in [3.63, 3.8) is 0 Å². The van der Waals surface area contributed by atoms with Crippen LogP contribution in [0.15, 0.2) is 52.4 Å². The summed E-state index contributed by atoms with van der Waals surface area (Å²) in [6.07, 6.45) is 1.77. The summed E-state index contributed by atoms with van der Waals surface area (Å²) < 4.78 is 0.706. The number of carbonyl (C=O) groups excluding carboxylic acids is 1. The molecule has 0 unspecified atom stereocenters. The number of nitrogens with zero attached hydrogens (tertiary/aromatic N) is 2. The standard InChI is InChI=1S/C19H15IN2O4S/c1-2-22-17(24)16(10-11-3-8-15(23)14(20)9-11)27-19(22)21-13-6-4-12(5-7-13)18(25)26/h3-10,23H,2H2,1H3,(H,25,26). The number of benzene rings is 2. The molecule has 3 rings (SSSR count). The van der Waals surface area contributed by atoms with Crippen molar-refractivity contribution in [3.05, 3.63) is 62.1 Å². The molecule has 6 nitrogen and oxygen atoms in total. The van der Waals surface area contributed by atoms with E-state index < -0.39 is 5.97 Å². The van der Waals surface area contributed by atoms with Crippen LogP contribution in [0.4, 0.5) is 5.69 Å². The minimum Gasteiger partial charge on any atom is -0.507 e. The van der Waals surface area contributed by atoms with E-state index in [1.54, 1.807) is 41.3 Å². The molecule has 0 bridgehead atoms. The number of amides is 1. The van der Waals surface area contributed by atoms with Crippen LogP contribution in [0, 0.1) is 3.57 Å². The van der Waals surface area contributed by atoms with Crippen molar-refractivity contribution in [1.82, 2.24) is 4.90 Å². The Kier molecular flexibility index (Phi) is 5.85. The second-order valence-electron chi connectivity index (χ2n) is 5.62. The van der Waals surface area contributed by atoms with E-state index in [1.165, 1.54) is 23.9 Å². The molecule has 1 aliphatic rings. The van der Waals surface area contributed by atoms with Gasteiger partial charge in [0.25, 0.3) is 5.91 Å². The van der Waals surface area contributed by atoms with E-state index in [1.807, 2.05) is 29.5 Å². The van der Waals surface area contributed by atoms with Crippen molar-refractivity contribution in [1.29, 1.82) is 0 Å². The average Bonchev–Trinajstić information content (AvgIpc) is 2.93. The lowest BCUT2D eigenvalue weighted by atomic mass is 10.2. The molecule has 0 aromatic heterocycles. The van der Waals surface area contributed by atoms with Crippen LogP contribution < -0.4 is 0 Å². The Morgan fingerprint density at radius 1 is 1.26 bits per heavy atom. The maximum atomic E-state index is 12.7. The average molecular weight is 494 g/mol. The molecule has 2 aromatic carbocycles. The molecule has 0 spiro atoms. The van der Waals surface area contributed by atoms with Gasteiger partial charge in [-0.1, -0.05) is 6.07 Å². The number of phenolic OH excluding ortho intramolecular Hbond substituents is 1. The monoisotopic (exact) mass is 494 g/mol. The van der Waals surface area contributed by atoms with Crippen LogP contribution in [0.3, 0.4) is 0 Å². The number of halogens is 1. The first-order valence-electron chi connectivity index (χ1n) is 8.01. The Hall–Kier alpha value is -2.33. The van der Waals surface area contributed by atoms with Gasteiger partial charge in [-0.05, 0) is 89.3 Å². The molecule has 1 fully saturated rings. The van der Waals surface area contributed by atoms with Crippen molar-refractivity contribution in [2.45, 2.75) is 6.92 Å². The molecule has 0 aliphatic carbocycles. The summed E-state index contributed by atoms with van der Waals surface area (Å²) in [6.45, 7) is 2.34. The summed E-state index contributed by atoms with van der Waals surface area (Å²) in [5.74, 6) is -0.930. The Morgan fingerprint density at radius 3 is 2.56 bits per heavy atom. The van der Waals surface area contributed by atoms with Crippen LogP contribution >= 0.6 is 34.4 Å². The second-order valence-corrected chi connectivity index (χ2v) is 7.79. The van der Waals surface area contributed by atoms with Gasteiger partial charge in [0.05, 0.1) is 19.7 Å². The predicted octanol–water partition coefficient (Wildman–Crippen LogP) is 4.32. The summed E-state index contributed by atoms with van der Waals surface area (Å²) in [7, 11) is 0. The highest BCUT2D eigenvalue weighted by atomic mass is 127. The molecule has 1 saturated heterocycles. The summed E-state index contributed by atoms with van der Waals surface area (Å²) in [6, 6.07) is 11.3. The third-order valence-corrected chi connectivity index (χ3v) is 5.68. The van der Waals surface area contributed by atoms with Gasteiger partial charge in [-0.2, -0.15) is 0 Å². The molecule has 0 radical (unpaired) electrons. The smallest absolute Gasteiger partial charge is 0.335 e. The molecule has 2 N–H and O–H groups in total. The summed E-state index contributed by atoms with van der Waals surface area (Å²) in [4.78, 5) is 30.2. The molecule has 138 valence electrons. The zero-order chi connectivity index (χ0) is 19.6. The topological polar surface area (TPSA) is 90.2 Å². The van der Waals surface area contributed by atoms with Crippen molar-refractivity contribution >= 4 is 63.2 Å². The van der Waals surface area contributed by atoms with E-state index in [2.05, 4.69) is 4.99 Å². The Morgan fingerprint density at radius 2 is 1.96 bits per heavy atom. The lowest BCUT2D eigenvalue weighted by Crippen LogP contribution is -2.28. The van der Waals surface area contributed by atoms with E-state index in [-0.39, 0.29) is 17.2 Å². The highest BCUT2D eigenvalue weighted by Gasteiger charge is 2.32. The molecule has 1 heterocycles.